The lowest BCUT2D eigenvalue weighted by molar-refractivity contribution is 0.546. The molecule has 0 saturated heterocycles. The van der Waals surface area contributed by atoms with Crippen LogP contribution in [0.5, 0.6) is 0 Å². The number of hydrogen-bond donors (Lipinski definition) is 0. The van der Waals surface area contributed by atoms with Crippen molar-refractivity contribution < 1.29 is 0 Å². The molecule has 0 heteroatoms. The van der Waals surface area contributed by atoms with Crippen LogP contribution in [0.4, 0.5) is 0 Å². The minimum atomic E-state index is 0.334. The van der Waals surface area contributed by atoms with Crippen molar-refractivity contribution in [1.82, 2.24) is 0 Å². The van der Waals surface area contributed by atoms with E-state index in [1.165, 1.54) is 35.1 Å². The molecule has 0 aliphatic heterocycles. The summed E-state index contributed by atoms with van der Waals surface area (Å²) in [5.41, 5.74) is 8.54. The van der Waals surface area contributed by atoms with Crippen LogP contribution in [0.1, 0.15) is 66.5 Å². The van der Waals surface area contributed by atoms with Gasteiger partial charge in [-0.15, -0.1) is 0 Å². The van der Waals surface area contributed by atoms with Crippen molar-refractivity contribution in [2.45, 2.75) is 39.5 Å². The predicted octanol–water partition coefficient (Wildman–Crippen LogP) is 9.91. The summed E-state index contributed by atoms with van der Waals surface area (Å²) < 4.78 is 0. The molecule has 3 atom stereocenters. The fourth-order valence-electron chi connectivity index (χ4n) is 5.55. The molecular formula is C36H38. The smallest absolute Gasteiger partial charge is 0.0171 e. The van der Waals surface area contributed by atoms with Crippen LogP contribution < -0.4 is 0 Å². The molecule has 3 aromatic carbocycles. The van der Waals surface area contributed by atoms with E-state index in [4.69, 9.17) is 0 Å². The molecule has 36 heavy (non-hydrogen) atoms. The van der Waals surface area contributed by atoms with Gasteiger partial charge in [-0.2, -0.15) is 0 Å². The Balaban J connectivity index is 0.000000159. The molecule has 0 spiro atoms. The molecule has 0 radical (unpaired) electrons. The molecule has 182 valence electrons. The van der Waals surface area contributed by atoms with Crippen molar-refractivity contribution in [3.8, 4) is 0 Å². The molecule has 0 amide bonds. The van der Waals surface area contributed by atoms with Gasteiger partial charge in [-0.3, -0.25) is 0 Å². The second-order valence-electron chi connectivity index (χ2n) is 9.73. The highest BCUT2D eigenvalue weighted by Gasteiger charge is 2.63. The Morgan fingerprint density at radius 2 is 1.44 bits per heavy atom. The zero-order valence-electron chi connectivity index (χ0n) is 22.0. The van der Waals surface area contributed by atoms with Gasteiger partial charge in [0.2, 0.25) is 0 Å². The van der Waals surface area contributed by atoms with Gasteiger partial charge in [0.1, 0.15) is 0 Å². The first kappa shape index (κ1) is 25.5. The van der Waals surface area contributed by atoms with Gasteiger partial charge in [0.25, 0.3) is 0 Å². The largest absolute Gasteiger partial charge is 0.0984 e. The second-order valence-corrected chi connectivity index (χ2v) is 9.73. The summed E-state index contributed by atoms with van der Waals surface area (Å²) in [5, 5.41) is 0. The number of benzene rings is 3. The zero-order valence-corrected chi connectivity index (χ0v) is 22.0. The zero-order chi connectivity index (χ0) is 25.6. The van der Waals surface area contributed by atoms with E-state index in [1.54, 1.807) is 0 Å². The first-order valence-corrected chi connectivity index (χ1v) is 13.2. The summed E-state index contributed by atoms with van der Waals surface area (Å²) >= 11 is 0. The third-order valence-electron chi connectivity index (χ3n) is 7.80. The van der Waals surface area contributed by atoms with Gasteiger partial charge in [0.05, 0.1) is 0 Å². The van der Waals surface area contributed by atoms with Crippen LogP contribution in [0, 0.1) is 10.8 Å². The Bertz CT molecular complexity index is 1300. The van der Waals surface area contributed by atoms with Gasteiger partial charge in [-0.05, 0) is 46.2 Å². The summed E-state index contributed by atoms with van der Waals surface area (Å²) in [5.74, 6) is 0.392. The third-order valence-corrected chi connectivity index (χ3v) is 7.80. The molecule has 1 saturated carbocycles. The lowest BCUT2D eigenvalue weighted by Crippen LogP contribution is -2.12. The van der Waals surface area contributed by atoms with Gasteiger partial charge < -0.3 is 0 Å². The van der Waals surface area contributed by atoms with E-state index in [1.807, 2.05) is 32.1 Å². The first-order valence-electron chi connectivity index (χ1n) is 13.2. The molecule has 3 unspecified atom stereocenters. The van der Waals surface area contributed by atoms with Crippen molar-refractivity contribution in [2.75, 3.05) is 0 Å². The highest BCUT2D eigenvalue weighted by atomic mass is 14.7. The molecule has 6 rings (SSSR count). The number of rotatable bonds is 4. The van der Waals surface area contributed by atoms with Crippen molar-refractivity contribution in [1.29, 1.82) is 0 Å². The summed E-state index contributed by atoms with van der Waals surface area (Å²) in [6.45, 7) is 13.9. The first-order chi connectivity index (χ1) is 17.6. The van der Waals surface area contributed by atoms with Crippen LogP contribution in [-0.2, 0) is 6.42 Å². The average molecular weight is 471 g/mol. The highest BCUT2D eigenvalue weighted by molar-refractivity contribution is 5.65. The topological polar surface area (TPSA) is 0 Å². The molecule has 3 aromatic rings. The second kappa shape index (κ2) is 11.0. The maximum atomic E-state index is 3.86. The van der Waals surface area contributed by atoms with Gasteiger partial charge in [0.15, 0.2) is 0 Å². The molecule has 3 aliphatic carbocycles. The molecule has 0 aromatic heterocycles. The number of hydrogen-bond acceptors (Lipinski definition) is 0. The summed E-state index contributed by atoms with van der Waals surface area (Å²) in [6, 6.07) is 25.8. The van der Waals surface area contributed by atoms with Crippen LogP contribution in [0.3, 0.4) is 0 Å². The molecule has 0 bridgehead atoms. The fraction of sp³-hybridized carbons (Fsp3) is 0.222. The van der Waals surface area contributed by atoms with Gasteiger partial charge >= 0.3 is 0 Å². The average Bonchev–Trinajstić information content (AvgIpc) is 3.64. The van der Waals surface area contributed by atoms with E-state index in [0.29, 0.717) is 16.7 Å². The van der Waals surface area contributed by atoms with E-state index in [0.717, 1.165) is 11.1 Å². The molecule has 1 fully saturated rings. The van der Waals surface area contributed by atoms with Crippen LogP contribution in [0.25, 0.3) is 18.2 Å². The molecule has 0 N–H and O–H groups in total. The van der Waals surface area contributed by atoms with E-state index in [-0.39, 0.29) is 0 Å². The van der Waals surface area contributed by atoms with Gasteiger partial charge in [0, 0.05) is 16.7 Å². The summed E-state index contributed by atoms with van der Waals surface area (Å²) in [4.78, 5) is 0. The van der Waals surface area contributed by atoms with E-state index in [2.05, 4.69) is 123 Å². The van der Waals surface area contributed by atoms with Crippen molar-refractivity contribution in [3.63, 3.8) is 0 Å². The quantitative estimate of drug-likeness (QED) is 0.356. The molecule has 0 nitrogen and oxygen atoms in total. The van der Waals surface area contributed by atoms with Gasteiger partial charge in [-0.1, -0.05) is 155 Å². The Hall–Kier alpha value is -3.64. The number of allylic oxidation sites excluding steroid dienone is 5. The minimum absolute atomic E-state index is 0.334. The maximum Gasteiger partial charge on any atom is 0.0171 e. The van der Waals surface area contributed by atoms with Crippen LogP contribution in [0.15, 0.2) is 116 Å². The Kier molecular flexibility index (Phi) is 7.75. The van der Waals surface area contributed by atoms with E-state index in [9.17, 15) is 0 Å². The monoisotopic (exact) mass is 470 g/mol. The lowest BCUT2D eigenvalue weighted by atomic mass is 9.85. The van der Waals surface area contributed by atoms with Crippen molar-refractivity contribution in [2.24, 2.45) is 10.8 Å². The standard InChI is InChI=1S/C18H18.C16H14.C2H6/c1-4-15-11-12-18(13-16(15)5-2)14(3)17-9-7-6-8-10-17;1-2-6-14-11-16-9-4-3-8-15(16,12-16)10-7-13(14)5-1;1-2/h4-14H,1-2H2,3H3;1-10H,11-12H2;1-2H3. The minimum Gasteiger partial charge on any atom is -0.0984 e. The van der Waals surface area contributed by atoms with Crippen LogP contribution >= 0.6 is 0 Å². The van der Waals surface area contributed by atoms with Crippen LogP contribution in [-0.4, -0.2) is 0 Å². The number of fused-ring (bicyclic) bond motifs is 1. The summed E-state index contributed by atoms with van der Waals surface area (Å²) in [6.07, 6.45) is 20.2. The lowest BCUT2D eigenvalue weighted by Gasteiger charge is -2.19. The van der Waals surface area contributed by atoms with E-state index < -0.39 is 0 Å². The van der Waals surface area contributed by atoms with Crippen molar-refractivity contribution >= 4 is 18.2 Å². The molecule has 3 aliphatic rings. The predicted molar refractivity (Wildman–Crippen MR) is 159 cm³/mol. The van der Waals surface area contributed by atoms with Crippen molar-refractivity contribution in [3.05, 3.63) is 150 Å². The Labute approximate surface area is 218 Å². The van der Waals surface area contributed by atoms with E-state index >= 15 is 0 Å². The summed E-state index contributed by atoms with van der Waals surface area (Å²) in [7, 11) is 0. The highest BCUT2D eigenvalue weighted by Crippen LogP contribution is 2.70. The maximum absolute atomic E-state index is 3.86. The molecular weight excluding hydrogens is 432 g/mol. The Morgan fingerprint density at radius 3 is 2.19 bits per heavy atom. The SMILES string of the molecule is C1=CC23C=Cc4ccccc4CC2(C=C1)C3.C=Cc1ccc(C(C)c2ccccc2)cc1C=C.CC. The van der Waals surface area contributed by atoms with Crippen LogP contribution in [0.2, 0.25) is 0 Å². The fourth-order valence-corrected chi connectivity index (χ4v) is 5.55. The van der Waals surface area contributed by atoms with Gasteiger partial charge in [-0.25, -0.2) is 0 Å². The molecule has 0 heterocycles. The Morgan fingerprint density at radius 1 is 0.750 bits per heavy atom. The third kappa shape index (κ3) is 4.86. The normalized spacial score (nSPS) is 22.6.